The molecule has 96 valence electrons. The van der Waals surface area contributed by atoms with E-state index in [-0.39, 0.29) is 17.8 Å². The molecule has 0 aliphatic carbocycles. The Hall–Kier alpha value is -1.52. The van der Waals surface area contributed by atoms with E-state index in [9.17, 15) is 4.79 Å². The fraction of sp³-hybridized carbons (Fsp3) is 0.667. The maximum absolute atomic E-state index is 12.0. The second-order valence-corrected chi connectivity index (χ2v) is 4.45. The third-order valence-electron chi connectivity index (χ3n) is 3.32. The molecule has 0 saturated carbocycles. The van der Waals surface area contributed by atoms with Crippen molar-refractivity contribution in [3.8, 4) is 0 Å². The second-order valence-electron chi connectivity index (χ2n) is 4.45. The molecular formula is C12H22N4O. The molecule has 17 heavy (non-hydrogen) atoms. The first-order valence-electron chi connectivity index (χ1n) is 6.12. The normalized spacial score (nSPS) is 12.8. The van der Waals surface area contributed by atoms with E-state index in [1.54, 1.807) is 6.92 Å². The maximum atomic E-state index is 12.0. The van der Waals surface area contributed by atoms with Gasteiger partial charge in [-0.05, 0) is 19.8 Å². The number of aryl methyl sites for hydroxylation is 1. The van der Waals surface area contributed by atoms with Gasteiger partial charge < -0.3 is 11.1 Å². The largest absolute Gasteiger partial charge is 0.382 e. The molecule has 0 bridgehead atoms. The molecule has 1 unspecified atom stereocenters. The molecule has 1 aromatic rings. The van der Waals surface area contributed by atoms with Crippen LogP contribution in [0.2, 0.25) is 0 Å². The number of nitrogen functional groups attached to an aromatic ring is 1. The van der Waals surface area contributed by atoms with Crippen LogP contribution < -0.4 is 11.1 Å². The SMILES string of the molecule is CCC(CC)C(C)NC(=O)c1c(N)n[nH]c1C. The minimum Gasteiger partial charge on any atom is -0.382 e. The summed E-state index contributed by atoms with van der Waals surface area (Å²) < 4.78 is 0. The van der Waals surface area contributed by atoms with Crippen LogP contribution in [0.25, 0.3) is 0 Å². The van der Waals surface area contributed by atoms with Crippen molar-refractivity contribution in [2.75, 3.05) is 5.73 Å². The lowest BCUT2D eigenvalue weighted by molar-refractivity contribution is 0.0925. The highest BCUT2D eigenvalue weighted by Gasteiger charge is 2.20. The number of amides is 1. The van der Waals surface area contributed by atoms with Gasteiger partial charge in [-0.1, -0.05) is 26.7 Å². The van der Waals surface area contributed by atoms with E-state index in [0.717, 1.165) is 12.8 Å². The number of H-pyrrole nitrogens is 1. The first-order chi connectivity index (χ1) is 8.01. The van der Waals surface area contributed by atoms with Crippen molar-refractivity contribution in [2.45, 2.75) is 46.6 Å². The zero-order valence-electron chi connectivity index (χ0n) is 11.0. The van der Waals surface area contributed by atoms with Gasteiger partial charge in [-0.25, -0.2) is 0 Å². The third kappa shape index (κ3) is 2.99. The molecule has 0 aromatic carbocycles. The summed E-state index contributed by atoms with van der Waals surface area (Å²) in [7, 11) is 0. The van der Waals surface area contributed by atoms with Gasteiger partial charge in [0.05, 0.1) is 0 Å². The number of anilines is 1. The fourth-order valence-electron chi connectivity index (χ4n) is 2.13. The Kier molecular flexibility index (Phi) is 4.54. The van der Waals surface area contributed by atoms with E-state index >= 15 is 0 Å². The average molecular weight is 238 g/mol. The van der Waals surface area contributed by atoms with Crippen molar-refractivity contribution >= 4 is 11.7 Å². The Balaban J connectivity index is 2.73. The summed E-state index contributed by atoms with van der Waals surface area (Å²) in [4.78, 5) is 12.0. The zero-order chi connectivity index (χ0) is 13.0. The first-order valence-corrected chi connectivity index (χ1v) is 6.12. The monoisotopic (exact) mass is 238 g/mol. The van der Waals surface area contributed by atoms with Crippen LogP contribution in [-0.2, 0) is 0 Å². The Morgan fingerprint density at radius 3 is 2.47 bits per heavy atom. The lowest BCUT2D eigenvalue weighted by Crippen LogP contribution is -2.38. The maximum Gasteiger partial charge on any atom is 0.257 e. The topological polar surface area (TPSA) is 83.8 Å². The van der Waals surface area contributed by atoms with Crippen molar-refractivity contribution < 1.29 is 4.79 Å². The van der Waals surface area contributed by atoms with Gasteiger partial charge in [0, 0.05) is 11.7 Å². The predicted octanol–water partition coefficient (Wildman–Crippen LogP) is 1.85. The van der Waals surface area contributed by atoms with E-state index in [2.05, 4.69) is 29.4 Å². The van der Waals surface area contributed by atoms with Crippen molar-refractivity contribution in [1.82, 2.24) is 15.5 Å². The Labute approximate surface area is 102 Å². The summed E-state index contributed by atoms with van der Waals surface area (Å²) in [6.45, 7) is 8.09. The lowest BCUT2D eigenvalue weighted by Gasteiger charge is -2.22. The molecule has 5 nitrogen and oxygen atoms in total. The molecule has 0 spiro atoms. The third-order valence-corrected chi connectivity index (χ3v) is 3.32. The van der Waals surface area contributed by atoms with E-state index in [1.807, 2.05) is 6.92 Å². The summed E-state index contributed by atoms with van der Waals surface area (Å²) >= 11 is 0. The molecule has 1 amide bonds. The van der Waals surface area contributed by atoms with Gasteiger partial charge in [0.25, 0.3) is 5.91 Å². The average Bonchev–Trinajstić information content (AvgIpc) is 2.60. The van der Waals surface area contributed by atoms with Gasteiger partial charge >= 0.3 is 0 Å². The van der Waals surface area contributed by atoms with E-state index in [1.165, 1.54) is 0 Å². The first kappa shape index (κ1) is 13.5. The molecular weight excluding hydrogens is 216 g/mol. The van der Waals surface area contributed by atoms with Gasteiger partial charge in [0.1, 0.15) is 5.56 Å². The number of hydrogen-bond acceptors (Lipinski definition) is 3. The summed E-state index contributed by atoms with van der Waals surface area (Å²) in [5.74, 6) is 0.609. The molecule has 5 heteroatoms. The van der Waals surface area contributed by atoms with Crippen molar-refractivity contribution in [1.29, 1.82) is 0 Å². The number of hydrogen-bond donors (Lipinski definition) is 3. The summed E-state index contributed by atoms with van der Waals surface area (Å²) in [5.41, 5.74) is 6.82. The van der Waals surface area contributed by atoms with Crippen LogP contribution in [0.1, 0.15) is 49.7 Å². The Bertz CT molecular complexity index is 362. The minimum absolute atomic E-state index is 0.145. The highest BCUT2D eigenvalue weighted by Crippen LogP contribution is 2.16. The number of nitrogens with zero attached hydrogens (tertiary/aromatic N) is 1. The quantitative estimate of drug-likeness (QED) is 0.732. The molecule has 1 aromatic heterocycles. The van der Waals surface area contributed by atoms with E-state index < -0.39 is 0 Å². The highest BCUT2D eigenvalue weighted by molar-refractivity contribution is 5.99. The van der Waals surface area contributed by atoms with Crippen molar-refractivity contribution in [3.05, 3.63) is 11.3 Å². The molecule has 4 N–H and O–H groups in total. The predicted molar refractivity (Wildman–Crippen MR) is 68.7 cm³/mol. The highest BCUT2D eigenvalue weighted by atomic mass is 16.1. The molecule has 0 saturated heterocycles. The molecule has 0 radical (unpaired) electrons. The van der Waals surface area contributed by atoms with Crippen molar-refractivity contribution in [2.24, 2.45) is 5.92 Å². The number of nitrogens with two attached hydrogens (primary N) is 1. The Morgan fingerprint density at radius 2 is 2.06 bits per heavy atom. The molecule has 0 aliphatic heterocycles. The van der Waals surface area contributed by atoms with Gasteiger partial charge in [-0.15, -0.1) is 0 Å². The zero-order valence-corrected chi connectivity index (χ0v) is 11.0. The van der Waals surface area contributed by atoms with Crippen LogP contribution in [0.5, 0.6) is 0 Å². The van der Waals surface area contributed by atoms with Crippen LogP contribution in [-0.4, -0.2) is 22.1 Å². The van der Waals surface area contributed by atoms with E-state index in [4.69, 9.17) is 5.73 Å². The van der Waals surface area contributed by atoms with Gasteiger partial charge in [0.2, 0.25) is 0 Å². The molecule has 0 aliphatic rings. The number of carbonyl (C=O) groups excluding carboxylic acids is 1. The van der Waals surface area contributed by atoms with Crippen molar-refractivity contribution in [3.63, 3.8) is 0 Å². The van der Waals surface area contributed by atoms with Crippen LogP contribution in [0.15, 0.2) is 0 Å². The lowest BCUT2D eigenvalue weighted by atomic mass is 9.95. The van der Waals surface area contributed by atoms with Crippen LogP contribution in [0.4, 0.5) is 5.82 Å². The standard InChI is InChI=1S/C12H22N4O/c1-5-9(6-2)7(3)14-12(17)10-8(4)15-16-11(10)13/h7,9H,5-6H2,1-4H3,(H,14,17)(H3,13,15,16). The van der Waals surface area contributed by atoms with Gasteiger partial charge in [0.15, 0.2) is 5.82 Å². The fourth-order valence-corrected chi connectivity index (χ4v) is 2.13. The van der Waals surface area contributed by atoms with Crippen LogP contribution >= 0.6 is 0 Å². The summed E-state index contributed by atoms with van der Waals surface area (Å²) in [6, 6.07) is 0.145. The number of aromatic nitrogens is 2. The van der Waals surface area contributed by atoms with Crippen LogP contribution in [0.3, 0.4) is 0 Å². The number of nitrogens with one attached hydrogen (secondary N) is 2. The number of carbonyl (C=O) groups is 1. The smallest absolute Gasteiger partial charge is 0.257 e. The molecule has 1 rings (SSSR count). The second kappa shape index (κ2) is 5.70. The molecule has 0 fully saturated rings. The van der Waals surface area contributed by atoms with E-state index in [0.29, 0.717) is 17.2 Å². The molecule has 1 heterocycles. The Morgan fingerprint density at radius 1 is 1.47 bits per heavy atom. The number of aromatic amines is 1. The number of rotatable bonds is 5. The minimum atomic E-state index is -0.145. The summed E-state index contributed by atoms with van der Waals surface area (Å²) in [6.07, 6.45) is 2.11. The molecule has 1 atom stereocenters. The van der Waals surface area contributed by atoms with Gasteiger partial charge in [-0.2, -0.15) is 5.10 Å². The summed E-state index contributed by atoms with van der Waals surface area (Å²) in [5, 5.41) is 9.52. The van der Waals surface area contributed by atoms with Gasteiger partial charge in [-0.3, -0.25) is 9.89 Å². The van der Waals surface area contributed by atoms with Crippen LogP contribution in [0, 0.1) is 12.8 Å².